The van der Waals surface area contributed by atoms with Gasteiger partial charge in [-0.3, -0.25) is 9.69 Å². The molecule has 0 saturated carbocycles. The molecule has 0 saturated heterocycles. The average Bonchev–Trinajstić information content (AvgIpc) is 2.25. The van der Waals surface area contributed by atoms with Crippen LogP contribution in [-0.2, 0) is 4.79 Å². The van der Waals surface area contributed by atoms with Crippen LogP contribution in [0.3, 0.4) is 0 Å². The summed E-state index contributed by atoms with van der Waals surface area (Å²) < 4.78 is 0. The first-order valence-corrected chi connectivity index (χ1v) is 6.66. The Morgan fingerprint density at radius 3 is 2.12 bits per heavy atom. The maximum atomic E-state index is 11.4. The molecular weight excluding hydrogens is 216 g/mol. The quantitative estimate of drug-likeness (QED) is 0.650. The number of hydrogen-bond donors (Lipinski definition) is 2. The van der Waals surface area contributed by atoms with Gasteiger partial charge in [-0.25, -0.2) is 0 Å². The van der Waals surface area contributed by atoms with Crippen molar-refractivity contribution in [3.8, 4) is 0 Å². The van der Waals surface area contributed by atoms with E-state index < -0.39 is 12.0 Å². The Hall–Kier alpha value is -0.610. The van der Waals surface area contributed by atoms with Crippen LogP contribution in [0.15, 0.2) is 0 Å². The van der Waals surface area contributed by atoms with Gasteiger partial charge in [-0.1, -0.05) is 27.7 Å². The number of carboxylic acids is 1. The minimum Gasteiger partial charge on any atom is -0.480 e. The molecule has 0 amide bonds. The molecule has 0 aliphatic rings. The lowest BCUT2D eigenvalue weighted by Gasteiger charge is -2.36. The molecule has 3 N–H and O–H groups in total. The molecule has 0 rings (SSSR count). The zero-order valence-corrected chi connectivity index (χ0v) is 11.6. The molecule has 0 aromatic carbocycles. The normalized spacial score (nSPS) is 13.6. The van der Waals surface area contributed by atoms with E-state index in [1.54, 1.807) is 0 Å². The van der Waals surface area contributed by atoms with Crippen LogP contribution in [0, 0.1) is 5.92 Å². The van der Waals surface area contributed by atoms with Gasteiger partial charge in [-0.15, -0.1) is 0 Å². The summed E-state index contributed by atoms with van der Waals surface area (Å²) in [6.07, 6.45) is 2.49. The third-order valence-corrected chi connectivity index (χ3v) is 3.11. The molecule has 0 spiro atoms. The summed E-state index contributed by atoms with van der Waals surface area (Å²) in [4.78, 5) is 13.5. The van der Waals surface area contributed by atoms with E-state index in [0.717, 1.165) is 19.4 Å². The topological polar surface area (TPSA) is 66.6 Å². The zero-order valence-electron chi connectivity index (χ0n) is 11.6. The predicted octanol–water partition coefficient (Wildman–Crippen LogP) is 1.93. The van der Waals surface area contributed by atoms with Crippen LogP contribution in [0.4, 0.5) is 0 Å². The van der Waals surface area contributed by atoms with Crippen LogP contribution in [0.2, 0.25) is 0 Å². The lowest BCUT2D eigenvalue weighted by atomic mass is 10.0. The molecule has 0 fully saturated rings. The fraction of sp³-hybridized carbons (Fsp3) is 0.923. The molecule has 0 radical (unpaired) electrons. The minimum atomic E-state index is -0.747. The van der Waals surface area contributed by atoms with Gasteiger partial charge in [0, 0.05) is 12.6 Å². The smallest absolute Gasteiger partial charge is 0.320 e. The summed E-state index contributed by atoms with van der Waals surface area (Å²) in [5, 5.41) is 9.33. The second-order valence-corrected chi connectivity index (χ2v) is 4.99. The van der Waals surface area contributed by atoms with Crippen LogP contribution >= 0.6 is 0 Å². The zero-order chi connectivity index (χ0) is 13.4. The van der Waals surface area contributed by atoms with E-state index >= 15 is 0 Å². The van der Waals surface area contributed by atoms with Crippen molar-refractivity contribution in [2.75, 3.05) is 13.1 Å². The van der Waals surface area contributed by atoms with Gasteiger partial charge in [-0.05, 0) is 31.7 Å². The monoisotopic (exact) mass is 244 g/mol. The number of nitrogens with two attached hydrogens (primary N) is 1. The van der Waals surface area contributed by atoms with Crippen molar-refractivity contribution >= 4 is 5.97 Å². The Balaban J connectivity index is 4.88. The highest BCUT2D eigenvalue weighted by Crippen LogP contribution is 2.17. The molecular formula is C13H28N2O2. The SMILES string of the molecule is CCC(CC)N(CC(C)C)C(CCN)C(=O)O. The number of nitrogens with zero attached hydrogens (tertiary/aromatic N) is 1. The van der Waals surface area contributed by atoms with E-state index in [2.05, 4.69) is 32.6 Å². The van der Waals surface area contributed by atoms with Crippen LogP contribution in [0.5, 0.6) is 0 Å². The second-order valence-electron chi connectivity index (χ2n) is 4.99. The number of carbonyl (C=O) groups is 1. The van der Waals surface area contributed by atoms with Gasteiger partial charge in [0.1, 0.15) is 6.04 Å². The molecule has 4 heteroatoms. The first-order chi connectivity index (χ1) is 7.97. The maximum Gasteiger partial charge on any atom is 0.320 e. The van der Waals surface area contributed by atoms with Crippen molar-refractivity contribution in [2.24, 2.45) is 11.7 Å². The molecule has 0 aliphatic heterocycles. The fourth-order valence-electron chi connectivity index (χ4n) is 2.30. The van der Waals surface area contributed by atoms with E-state index in [4.69, 9.17) is 5.73 Å². The molecule has 0 aromatic rings. The summed E-state index contributed by atoms with van der Waals surface area (Å²) in [6.45, 7) is 9.72. The summed E-state index contributed by atoms with van der Waals surface area (Å²) >= 11 is 0. The molecule has 0 heterocycles. The lowest BCUT2D eigenvalue weighted by Crippen LogP contribution is -2.49. The van der Waals surface area contributed by atoms with Crippen molar-refractivity contribution < 1.29 is 9.90 Å². The summed E-state index contributed by atoms with van der Waals surface area (Å²) in [6, 6.07) is -0.0997. The van der Waals surface area contributed by atoms with Gasteiger partial charge in [-0.2, -0.15) is 0 Å². The molecule has 0 aromatic heterocycles. The van der Waals surface area contributed by atoms with Gasteiger partial charge in [0.2, 0.25) is 0 Å². The molecule has 0 aliphatic carbocycles. The average molecular weight is 244 g/mol. The van der Waals surface area contributed by atoms with E-state index in [1.807, 2.05) is 0 Å². The number of carboxylic acid groups (broad SMARTS) is 1. The Morgan fingerprint density at radius 1 is 1.29 bits per heavy atom. The fourth-order valence-corrected chi connectivity index (χ4v) is 2.30. The third kappa shape index (κ3) is 5.50. The van der Waals surface area contributed by atoms with E-state index in [-0.39, 0.29) is 0 Å². The molecule has 1 atom stereocenters. The summed E-state index contributed by atoms with van der Waals surface area (Å²) in [5.74, 6) is -0.279. The first kappa shape index (κ1) is 16.4. The first-order valence-electron chi connectivity index (χ1n) is 6.66. The van der Waals surface area contributed by atoms with Gasteiger partial charge >= 0.3 is 5.97 Å². The highest BCUT2D eigenvalue weighted by molar-refractivity contribution is 5.73. The number of aliphatic carboxylic acids is 1. The maximum absolute atomic E-state index is 11.4. The predicted molar refractivity (Wildman–Crippen MR) is 71.0 cm³/mol. The van der Waals surface area contributed by atoms with E-state index in [1.165, 1.54) is 0 Å². The minimum absolute atomic E-state index is 0.338. The number of hydrogen-bond acceptors (Lipinski definition) is 3. The van der Waals surface area contributed by atoms with E-state index in [9.17, 15) is 9.90 Å². The van der Waals surface area contributed by atoms with Gasteiger partial charge in [0.25, 0.3) is 0 Å². The van der Waals surface area contributed by atoms with Crippen LogP contribution in [0.25, 0.3) is 0 Å². The third-order valence-electron chi connectivity index (χ3n) is 3.11. The van der Waals surface area contributed by atoms with Crippen LogP contribution < -0.4 is 5.73 Å². The van der Waals surface area contributed by atoms with Crippen molar-refractivity contribution in [3.63, 3.8) is 0 Å². The molecule has 17 heavy (non-hydrogen) atoms. The van der Waals surface area contributed by atoms with Crippen molar-refractivity contribution in [1.82, 2.24) is 4.90 Å². The Labute approximate surface area is 105 Å². The second kappa shape index (κ2) is 8.48. The highest BCUT2D eigenvalue weighted by Gasteiger charge is 2.29. The van der Waals surface area contributed by atoms with Crippen LogP contribution in [0.1, 0.15) is 47.0 Å². The van der Waals surface area contributed by atoms with Crippen molar-refractivity contribution in [2.45, 2.75) is 59.0 Å². The van der Waals surface area contributed by atoms with Gasteiger partial charge in [0.05, 0.1) is 0 Å². The lowest BCUT2D eigenvalue weighted by molar-refractivity contribution is -0.145. The molecule has 4 nitrogen and oxygen atoms in total. The Bertz CT molecular complexity index is 215. The Morgan fingerprint density at radius 2 is 1.82 bits per heavy atom. The number of rotatable bonds is 9. The van der Waals surface area contributed by atoms with E-state index in [0.29, 0.717) is 24.9 Å². The largest absolute Gasteiger partial charge is 0.480 e. The van der Waals surface area contributed by atoms with Crippen molar-refractivity contribution in [1.29, 1.82) is 0 Å². The Kier molecular flexibility index (Phi) is 8.17. The van der Waals surface area contributed by atoms with Crippen LogP contribution in [-0.4, -0.2) is 41.1 Å². The van der Waals surface area contributed by atoms with Gasteiger partial charge < -0.3 is 10.8 Å². The van der Waals surface area contributed by atoms with Crippen molar-refractivity contribution in [3.05, 3.63) is 0 Å². The summed E-state index contributed by atoms with van der Waals surface area (Å²) in [7, 11) is 0. The molecule has 1 unspecified atom stereocenters. The molecule has 102 valence electrons. The summed E-state index contributed by atoms with van der Waals surface area (Å²) in [5.41, 5.74) is 5.53. The van der Waals surface area contributed by atoms with Gasteiger partial charge in [0.15, 0.2) is 0 Å². The highest BCUT2D eigenvalue weighted by atomic mass is 16.4. The molecule has 0 bridgehead atoms. The standard InChI is InChI=1S/C13H28N2O2/c1-5-11(6-2)15(9-10(3)4)12(7-8-14)13(16)17/h10-12H,5-9,14H2,1-4H3,(H,16,17).